The van der Waals surface area contributed by atoms with E-state index in [0.717, 1.165) is 23.4 Å². The molecule has 0 atom stereocenters. The van der Waals surface area contributed by atoms with Gasteiger partial charge in [-0.1, -0.05) is 0 Å². The molecule has 3 amide bonds. The number of primary amides is 1. The van der Waals surface area contributed by atoms with Gasteiger partial charge in [-0.15, -0.1) is 11.8 Å². The van der Waals surface area contributed by atoms with Crippen LogP contribution < -0.4 is 16.4 Å². The molecule has 0 spiro atoms. The monoisotopic (exact) mass is 281 g/mol. The number of nitrogens with two attached hydrogens (primary N) is 1. The SMILES string of the molecule is CSc1ccc(NC(=O)CCCCNC(N)=O)cc1. The predicted octanol–water partition coefficient (Wildman–Crippen LogP) is 2.19. The predicted molar refractivity (Wildman–Crippen MR) is 78.3 cm³/mol. The van der Waals surface area contributed by atoms with Crippen molar-refractivity contribution in [2.75, 3.05) is 18.1 Å². The van der Waals surface area contributed by atoms with Crippen LogP contribution in [0.2, 0.25) is 0 Å². The lowest BCUT2D eigenvalue weighted by Crippen LogP contribution is -2.30. The normalized spacial score (nSPS) is 9.95. The van der Waals surface area contributed by atoms with Crippen LogP contribution >= 0.6 is 11.8 Å². The highest BCUT2D eigenvalue weighted by Gasteiger charge is 2.02. The smallest absolute Gasteiger partial charge is 0.312 e. The summed E-state index contributed by atoms with van der Waals surface area (Å²) >= 11 is 1.66. The fraction of sp³-hybridized carbons (Fsp3) is 0.385. The van der Waals surface area contributed by atoms with Crippen LogP contribution in [0.15, 0.2) is 29.2 Å². The summed E-state index contributed by atoms with van der Waals surface area (Å²) in [5.74, 6) is -0.0176. The summed E-state index contributed by atoms with van der Waals surface area (Å²) in [6.45, 7) is 0.505. The summed E-state index contributed by atoms with van der Waals surface area (Å²) in [6, 6.07) is 7.18. The Morgan fingerprint density at radius 3 is 2.47 bits per heavy atom. The van der Waals surface area contributed by atoms with Crippen LogP contribution in [0.4, 0.5) is 10.5 Å². The first-order valence-corrected chi connectivity index (χ1v) is 7.31. The number of hydrogen-bond acceptors (Lipinski definition) is 3. The Hall–Kier alpha value is -1.69. The van der Waals surface area contributed by atoms with Gasteiger partial charge in [0.05, 0.1) is 0 Å². The molecule has 0 heterocycles. The number of nitrogens with one attached hydrogen (secondary N) is 2. The number of thioether (sulfide) groups is 1. The average Bonchev–Trinajstić information content (AvgIpc) is 2.39. The second-order valence-electron chi connectivity index (χ2n) is 4.02. The van der Waals surface area contributed by atoms with Crippen molar-refractivity contribution in [3.05, 3.63) is 24.3 Å². The molecule has 1 rings (SSSR count). The zero-order chi connectivity index (χ0) is 14.1. The summed E-state index contributed by atoms with van der Waals surface area (Å²) in [4.78, 5) is 23.2. The van der Waals surface area contributed by atoms with Gasteiger partial charge in [-0.2, -0.15) is 0 Å². The quantitative estimate of drug-likeness (QED) is 0.529. The largest absolute Gasteiger partial charge is 0.352 e. The van der Waals surface area contributed by atoms with E-state index in [0.29, 0.717) is 13.0 Å². The van der Waals surface area contributed by atoms with Crippen molar-refractivity contribution >= 4 is 29.4 Å². The average molecular weight is 281 g/mol. The lowest BCUT2D eigenvalue weighted by atomic mass is 10.2. The Bertz CT molecular complexity index is 420. The zero-order valence-electron chi connectivity index (χ0n) is 10.9. The summed E-state index contributed by atoms with van der Waals surface area (Å²) in [5.41, 5.74) is 5.73. The van der Waals surface area contributed by atoms with E-state index in [1.54, 1.807) is 11.8 Å². The van der Waals surface area contributed by atoms with Gasteiger partial charge in [0.15, 0.2) is 0 Å². The van der Waals surface area contributed by atoms with E-state index in [-0.39, 0.29) is 5.91 Å². The van der Waals surface area contributed by atoms with Crippen LogP contribution in [0.3, 0.4) is 0 Å². The van der Waals surface area contributed by atoms with Gasteiger partial charge in [0.1, 0.15) is 0 Å². The molecule has 6 heteroatoms. The maximum Gasteiger partial charge on any atom is 0.312 e. The third kappa shape index (κ3) is 6.71. The van der Waals surface area contributed by atoms with E-state index in [1.165, 1.54) is 0 Å². The van der Waals surface area contributed by atoms with E-state index in [9.17, 15) is 9.59 Å². The van der Waals surface area contributed by atoms with E-state index in [1.807, 2.05) is 30.5 Å². The number of amides is 3. The highest BCUT2D eigenvalue weighted by Crippen LogP contribution is 2.17. The molecular formula is C13H19N3O2S. The van der Waals surface area contributed by atoms with E-state index >= 15 is 0 Å². The zero-order valence-corrected chi connectivity index (χ0v) is 11.8. The third-order valence-electron chi connectivity index (χ3n) is 2.50. The number of anilines is 1. The van der Waals surface area contributed by atoms with Crippen LogP contribution in [0.25, 0.3) is 0 Å². The number of benzene rings is 1. The van der Waals surface area contributed by atoms with Crippen LogP contribution in [-0.4, -0.2) is 24.7 Å². The second kappa shape index (κ2) is 8.42. The second-order valence-corrected chi connectivity index (χ2v) is 4.90. The molecule has 0 saturated heterocycles. The molecule has 0 bridgehead atoms. The van der Waals surface area contributed by atoms with Gasteiger partial charge in [0.25, 0.3) is 0 Å². The molecule has 1 aromatic rings. The van der Waals surface area contributed by atoms with Crippen molar-refractivity contribution in [2.45, 2.75) is 24.2 Å². The van der Waals surface area contributed by atoms with Crippen molar-refractivity contribution in [2.24, 2.45) is 5.73 Å². The Labute approximate surface area is 117 Å². The molecule has 0 aliphatic rings. The van der Waals surface area contributed by atoms with Gasteiger partial charge in [-0.3, -0.25) is 4.79 Å². The van der Waals surface area contributed by atoms with Crippen molar-refractivity contribution < 1.29 is 9.59 Å². The minimum Gasteiger partial charge on any atom is -0.352 e. The molecule has 5 nitrogen and oxygen atoms in total. The van der Waals surface area contributed by atoms with Crippen LogP contribution in [0, 0.1) is 0 Å². The molecule has 1 aromatic carbocycles. The van der Waals surface area contributed by atoms with Crippen LogP contribution in [0.5, 0.6) is 0 Å². The Morgan fingerprint density at radius 2 is 1.89 bits per heavy atom. The molecule has 4 N–H and O–H groups in total. The van der Waals surface area contributed by atoms with Crippen molar-refractivity contribution in [3.8, 4) is 0 Å². The molecule has 104 valence electrons. The first-order chi connectivity index (χ1) is 9.11. The Balaban J connectivity index is 2.21. The van der Waals surface area contributed by atoms with Gasteiger partial charge in [-0.05, 0) is 43.4 Å². The molecular weight excluding hydrogens is 262 g/mol. The minimum absolute atomic E-state index is 0.0176. The Kier molecular flexibility index (Phi) is 6.81. The maximum atomic E-state index is 11.6. The van der Waals surface area contributed by atoms with Crippen molar-refractivity contribution in [1.82, 2.24) is 5.32 Å². The van der Waals surface area contributed by atoms with Gasteiger partial charge < -0.3 is 16.4 Å². The number of carbonyl (C=O) groups is 2. The fourth-order valence-corrected chi connectivity index (χ4v) is 1.93. The van der Waals surface area contributed by atoms with Gasteiger partial charge in [0.2, 0.25) is 5.91 Å². The molecule has 0 radical (unpaired) electrons. The molecule has 0 saturated carbocycles. The maximum absolute atomic E-state index is 11.6. The first kappa shape index (κ1) is 15.4. The third-order valence-corrected chi connectivity index (χ3v) is 3.25. The van der Waals surface area contributed by atoms with Gasteiger partial charge >= 0.3 is 6.03 Å². The fourth-order valence-electron chi connectivity index (χ4n) is 1.52. The Morgan fingerprint density at radius 1 is 1.21 bits per heavy atom. The van der Waals surface area contributed by atoms with E-state index in [4.69, 9.17) is 5.73 Å². The number of carbonyl (C=O) groups excluding carboxylic acids is 2. The molecule has 0 unspecified atom stereocenters. The molecule has 0 aliphatic heterocycles. The lowest BCUT2D eigenvalue weighted by Gasteiger charge is -2.06. The van der Waals surface area contributed by atoms with Crippen LogP contribution in [0.1, 0.15) is 19.3 Å². The van der Waals surface area contributed by atoms with Gasteiger partial charge in [-0.25, -0.2) is 4.79 Å². The number of urea groups is 1. The molecule has 19 heavy (non-hydrogen) atoms. The highest BCUT2D eigenvalue weighted by molar-refractivity contribution is 7.98. The first-order valence-electron chi connectivity index (χ1n) is 6.09. The van der Waals surface area contributed by atoms with Crippen molar-refractivity contribution in [1.29, 1.82) is 0 Å². The number of hydrogen-bond donors (Lipinski definition) is 3. The lowest BCUT2D eigenvalue weighted by molar-refractivity contribution is -0.116. The van der Waals surface area contributed by atoms with E-state index in [2.05, 4.69) is 10.6 Å². The number of rotatable bonds is 7. The van der Waals surface area contributed by atoms with Gasteiger partial charge in [0, 0.05) is 23.5 Å². The molecule has 0 aromatic heterocycles. The summed E-state index contributed by atoms with van der Waals surface area (Å²) in [6.07, 6.45) is 3.90. The topological polar surface area (TPSA) is 84.2 Å². The summed E-state index contributed by atoms with van der Waals surface area (Å²) in [5, 5.41) is 5.32. The molecule has 0 aliphatic carbocycles. The van der Waals surface area contributed by atoms with Crippen LogP contribution in [-0.2, 0) is 4.79 Å². The minimum atomic E-state index is -0.529. The standard InChI is InChI=1S/C13H19N3O2S/c1-19-11-7-5-10(6-8-11)16-12(17)4-2-3-9-15-13(14)18/h5-8H,2-4,9H2,1H3,(H,16,17)(H3,14,15,18). The summed E-state index contributed by atoms with van der Waals surface area (Å²) < 4.78 is 0. The van der Waals surface area contributed by atoms with Crippen molar-refractivity contribution in [3.63, 3.8) is 0 Å². The summed E-state index contributed by atoms with van der Waals surface area (Å²) in [7, 11) is 0. The number of unbranched alkanes of at least 4 members (excludes halogenated alkanes) is 1. The highest BCUT2D eigenvalue weighted by atomic mass is 32.2. The molecule has 0 fully saturated rings. The van der Waals surface area contributed by atoms with E-state index < -0.39 is 6.03 Å².